The number of fused-ring (bicyclic) bond motifs is 1. The van der Waals surface area contributed by atoms with E-state index in [1.165, 1.54) is 29.0 Å². The SMILES string of the molecule is COC1=Cc2c(c(CN3CCC4(CC3)CN(c3ccc(C(=O)O)cc3)C(=O)O4)cn2C)CC1. The molecule has 1 aromatic heterocycles. The summed E-state index contributed by atoms with van der Waals surface area (Å²) < 4.78 is 13.5. The van der Waals surface area contributed by atoms with E-state index in [2.05, 4.69) is 28.8 Å². The highest BCUT2D eigenvalue weighted by Gasteiger charge is 2.47. The number of rotatable bonds is 5. The highest BCUT2D eigenvalue weighted by atomic mass is 16.6. The monoisotopic (exact) mass is 451 g/mol. The van der Waals surface area contributed by atoms with Gasteiger partial charge in [-0.05, 0) is 47.9 Å². The molecule has 3 heterocycles. The van der Waals surface area contributed by atoms with E-state index in [0.717, 1.165) is 51.1 Å². The number of carboxylic acid groups (broad SMARTS) is 1. The third-order valence-corrected chi connectivity index (χ3v) is 7.17. The molecule has 33 heavy (non-hydrogen) atoms. The number of nitrogens with zero attached hydrogens (tertiary/aromatic N) is 3. The number of allylic oxidation sites excluding steroid dienone is 1. The molecule has 5 rings (SSSR count). The van der Waals surface area contributed by atoms with Gasteiger partial charge in [0.1, 0.15) is 5.60 Å². The fourth-order valence-electron chi connectivity index (χ4n) is 5.23. The number of carbonyl (C=O) groups excluding carboxylic acids is 1. The van der Waals surface area contributed by atoms with E-state index in [1.807, 2.05) is 0 Å². The molecule has 2 aliphatic heterocycles. The maximum Gasteiger partial charge on any atom is 0.415 e. The highest BCUT2D eigenvalue weighted by Crippen LogP contribution is 2.37. The van der Waals surface area contributed by atoms with Crippen LogP contribution in [-0.4, -0.2) is 59.0 Å². The predicted molar refractivity (Wildman–Crippen MR) is 123 cm³/mol. The van der Waals surface area contributed by atoms with Crippen molar-refractivity contribution >= 4 is 23.8 Å². The van der Waals surface area contributed by atoms with Crippen LogP contribution in [-0.2, 0) is 29.5 Å². The molecular weight excluding hydrogens is 422 g/mol. The lowest BCUT2D eigenvalue weighted by atomic mass is 9.90. The number of anilines is 1. The van der Waals surface area contributed by atoms with E-state index in [9.17, 15) is 9.59 Å². The van der Waals surface area contributed by atoms with Gasteiger partial charge in [-0.1, -0.05) is 0 Å². The Morgan fingerprint density at radius 3 is 2.58 bits per heavy atom. The minimum atomic E-state index is -0.982. The Morgan fingerprint density at radius 2 is 1.91 bits per heavy atom. The number of likely N-dealkylation sites (tertiary alicyclic amines) is 1. The molecule has 174 valence electrons. The summed E-state index contributed by atoms with van der Waals surface area (Å²) in [5.41, 5.74) is 4.39. The van der Waals surface area contributed by atoms with Crippen molar-refractivity contribution < 1.29 is 24.2 Å². The molecule has 3 aliphatic rings. The fraction of sp³-hybridized carbons (Fsp3) is 0.440. The Balaban J connectivity index is 1.23. The smallest absolute Gasteiger partial charge is 0.415 e. The molecule has 0 bridgehead atoms. The second-order valence-corrected chi connectivity index (χ2v) is 9.21. The van der Waals surface area contributed by atoms with Crippen molar-refractivity contribution in [1.82, 2.24) is 9.47 Å². The van der Waals surface area contributed by atoms with Crippen LogP contribution < -0.4 is 4.90 Å². The Bertz CT molecular complexity index is 1110. The quantitative estimate of drug-likeness (QED) is 0.747. The molecule has 0 saturated carbocycles. The molecule has 0 atom stereocenters. The molecule has 2 fully saturated rings. The van der Waals surface area contributed by atoms with Crippen LogP contribution in [0, 0.1) is 0 Å². The van der Waals surface area contributed by atoms with Gasteiger partial charge < -0.3 is 19.1 Å². The maximum atomic E-state index is 12.6. The summed E-state index contributed by atoms with van der Waals surface area (Å²) >= 11 is 0. The third kappa shape index (κ3) is 3.99. The van der Waals surface area contributed by atoms with Crippen molar-refractivity contribution in [2.24, 2.45) is 7.05 Å². The molecule has 8 heteroatoms. The van der Waals surface area contributed by atoms with Crippen molar-refractivity contribution in [1.29, 1.82) is 0 Å². The van der Waals surface area contributed by atoms with Gasteiger partial charge in [-0.25, -0.2) is 9.59 Å². The number of hydrogen-bond acceptors (Lipinski definition) is 5. The minimum absolute atomic E-state index is 0.200. The number of methoxy groups -OCH3 is 1. The average Bonchev–Trinajstić information content (AvgIpc) is 3.31. The summed E-state index contributed by atoms with van der Waals surface area (Å²) in [6.45, 7) is 3.12. The summed E-state index contributed by atoms with van der Waals surface area (Å²) in [6.07, 6.45) is 7.50. The normalized spacial score (nSPS) is 19.9. The molecular formula is C25H29N3O5. The Kier molecular flexibility index (Phi) is 5.40. The van der Waals surface area contributed by atoms with Crippen LogP contribution in [0.2, 0.25) is 0 Å². The van der Waals surface area contributed by atoms with E-state index >= 15 is 0 Å². The van der Waals surface area contributed by atoms with E-state index in [4.69, 9.17) is 14.6 Å². The Morgan fingerprint density at radius 1 is 1.18 bits per heavy atom. The van der Waals surface area contributed by atoms with Crippen LogP contribution in [0.3, 0.4) is 0 Å². The van der Waals surface area contributed by atoms with Crippen molar-refractivity contribution in [2.45, 2.75) is 37.8 Å². The second-order valence-electron chi connectivity index (χ2n) is 9.21. The molecule has 1 aromatic carbocycles. The first kappa shape index (κ1) is 21.6. The number of benzene rings is 1. The lowest BCUT2D eigenvalue weighted by molar-refractivity contribution is -0.00103. The van der Waals surface area contributed by atoms with E-state index < -0.39 is 11.6 Å². The van der Waals surface area contributed by atoms with Gasteiger partial charge in [0.25, 0.3) is 0 Å². The number of aryl methyl sites for hydroxylation is 1. The number of hydrogen-bond donors (Lipinski definition) is 1. The first-order chi connectivity index (χ1) is 15.9. The number of aromatic carboxylic acids is 1. The van der Waals surface area contributed by atoms with Crippen LogP contribution >= 0.6 is 0 Å². The van der Waals surface area contributed by atoms with Crippen molar-refractivity contribution in [3.63, 3.8) is 0 Å². The fourth-order valence-corrected chi connectivity index (χ4v) is 5.23. The minimum Gasteiger partial charge on any atom is -0.501 e. The summed E-state index contributed by atoms with van der Waals surface area (Å²) in [6, 6.07) is 6.37. The maximum absolute atomic E-state index is 12.6. The summed E-state index contributed by atoms with van der Waals surface area (Å²) in [5, 5.41) is 9.09. The topological polar surface area (TPSA) is 84.2 Å². The molecule has 0 radical (unpaired) electrons. The molecule has 0 unspecified atom stereocenters. The molecule has 1 N–H and O–H groups in total. The molecule has 1 spiro atoms. The van der Waals surface area contributed by atoms with Gasteiger partial charge in [0, 0.05) is 63.5 Å². The number of ether oxygens (including phenoxy) is 2. The second kappa shape index (κ2) is 8.26. The van der Waals surface area contributed by atoms with Crippen molar-refractivity contribution in [3.8, 4) is 0 Å². The van der Waals surface area contributed by atoms with Crippen LogP contribution in [0.15, 0.2) is 36.2 Å². The van der Waals surface area contributed by atoms with Gasteiger partial charge in [-0.2, -0.15) is 0 Å². The van der Waals surface area contributed by atoms with Crippen LogP contribution in [0.4, 0.5) is 10.5 Å². The number of carbonyl (C=O) groups is 2. The summed E-state index contributed by atoms with van der Waals surface area (Å²) in [7, 11) is 3.81. The predicted octanol–water partition coefficient (Wildman–Crippen LogP) is 3.65. The zero-order valence-electron chi connectivity index (χ0n) is 19.0. The third-order valence-electron chi connectivity index (χ3n) is 7.17. The van der Waals surface area contributed by atoms with Crippen molar-refractivity contribution in [3.05, 3.63) is 58.6 Å². The van der Waals surface area contributed by atoms with E-state index in [0.29, 0.717) is 12.2 Å². The molecule has 2 aromatic rings. The number of piperidine rings is 1. The van der Waals surface area contributed by atoms with Gasteiger partial charge in [0.05, 0.1) is 25.0 Å². The van der Waals surface area contributed by atoms with Crippen molar-refractivity contribution in [2.75, 3.05) is 31.6 Å². The first-order valence-corrected chi connectivity index (χ1v) is 11.4. The van der Waals surface area contributed by atoms with E-state index in [-0.39, 0.29) is 11.7 Å². The van der Waals surface area contributed by atoms with Gasteiger partial charge in [0.2, 0.25) is 0 Å². The highest BCUT2D eigenvalue weighted by molar-refractivity contribution is 5.92. The Labute approximate surface area is 193 Å². The Hall–Kier alpha value is -3.26. The zero-order chi connectivity index (χ0) is 23.2. The van der Waals surface area contributed by atoms with Gasteiger partial charge >= 0.3 is 12.1 Å². The number of carboxylic acids is 1. The average molecular weight is 452 g/mol. The largest absolute Gasteiger partial charge is 0.501 e. The lowest BCUT2D eigenvalue weighted by Gasteiger charge is -2.37. The van der Waals surface area contributed by atoms with Gasteiger partial charge in [0.15, 0.2) is 0 Å². The molecule has 1 aliphatic carbocycles. The number of aromatic nitrogens is 1. The van der Waals surface area contributed by atoms with Crippen LogP contribution in [0.5, 0.6) is 0 Å². The molecule has 2 saturated heterocycles. The lowest BCUT2D eigenvalue weighted by Crippen LogP contribution is -2.46. The van der Waals surface area contributed by atoms with Crippen LogP contribution in [0.25, 0.3) is 6.08 Å². The molecule has 1 amide bonds. The van der Waals surface area contributed by atoms with Crippen LogP contribution in [0.1, 0.15) is 46.4 Å². The van der Waals surface area contributed by atoms with Gasteiger partial charge in [-0.3, -0.25) is 9.80 Å². The standard InChI is InChI=1S/C25H29N3O5/c1-26-14-18(21-8-7-20(32-2)13-22(21)26)15-27-11-9-25(10-12-27)16-28(24(31)33-25)19-5-3-17(4-6-19)23(29)30/h3-6,13-14H,7-12,15-16H2,1-2H3,(H,29,30). The number of amides is 1. The van der Waals surface area contributed by atoms with Gasteiger partial charge in [-0.15, -0.1) is 0 Å². The first-order valence-electron chi connectivity index (χ1n) is 11.4. The zero-order valence-corrected chi connectivity index (χ0v) is 19.0. The summed E-state index contributed by atoms with van der Waals surface area (Å²) in [5.74, 6) is 0.0459. The van der Waals surface area contributed by atoms with E-state index in [1.54, 1.807) is 24.1 Å². The molecule has 8 nitrogen and oxygen atoms in total. The summed E-state index contributed by atoms with van der Waals surface area (Å²) in [4.78, 5) is 27.8.